The lowest BCUT2D eigenvalue weighted by atomic mass is 10.1. The molecule has 1 fully saturated rings. The van der Waals surface area contributed by atoms with Crippen LogP contribution in [0.2, 0.25) is 0 Å². The lowest BCUT2D eigenvalue weighted by Crippen LogP contribution is -2.49. The Morgan fingerprint density at radius 2 is 2.25 bits per heavy atom. The molecular weight excluding hydrogens is 250 g/mol. The van der Waals surface area contributed by atoms with E-state index in [1.54, 1.807) is 0 Å². The molecule has 3 atom stereocenters. The van der Waals surface area contributed by atoms with Crippen LogP contribution in [0, 0.1) is 0 Å². The van der Waals surface area contributed by atoms with Crippen molar-refractivity contribution in [1.29, 1.82) is 0 Å². The number of nitrogens with zero attached hydrogens (tertiary/aromatic N) is 2. The number of ether oxygens (including phenoxy) is 1. The molecule has 0 bridgehead atoms. The summed E-state index contributed by atoms with van der Waals surface area (Å²) < 4.78 is 5.74. The van der Waals surface area contributed by atoms with Crippen molar-refractivity contribution in [2.75, 3.05) is 18.1 Å². The maximum absolute atomic E-state index is 5.99. The molecule has 112 valence electrons. The first-order valence-corrected chi connectivity index (χ1v) is 7.72. The van der Waals surface area contributed by atoms with Gasteiger partial charge < -0.3 is 15.4 Å². The van der Waals surface area contributed by atoms with E-state index in [2.05, 4.69) is 42.8 Å². The van der Waals surface area contributed by atoms with Crippen molar-refractivity contribution in [3.05, 3.63) is 23.9 Å². The molecule has 2 heterocycles. The minimum absolute atomic E-state index is 0.231. The topological polar surface area (TPSA) is 51.4 Å². The highest BCUT2D eigenvalue weighted by Crippen LogP contribution is 2.22. The van der Waals surface area contributed by atoms with Crippen molar-refractivity contribution < 1.29 is 4.74 Å². The van der Waals surface area contributed by atoms with Crippen molar-refractivity contribution in [2.24, 2.45) is 5.73 Å². The van der Waals surface area contributed by atoms with Crippen LogP contribution in [0.3, 0.4) is 0 Å². The average Bonchev–Trinajstić information content (AvgIpc) is 2.48. The van der Waals surface area contributed by atoms with Gasteiger partial charge in [-0.25, -0.2) is 4.98 Å². The number of aromatic nitrogens is 1. The van der Waals surface area contributed by atoms with Crippen molar-refractivity contribution in [3.63, 3.8) is 0 Å². The minimum Gasteiger partial charge on any atom is -0.375 e. The van der Waals surface area contributed by atoms with Gasteiger partial charge in [-0.05, 0) is 37.8 Å². The highest BCUT2D eigenvalue weighted by atomic mass is 16.5. The lowest BCUT2D eigenvalue weighted by molar-refractivity contribution is 0.0296. The molecule has 20 heavy (non-hydrogen) atoms. The molecule has 0 aliphatic carbocycles. The van der Waals surface area contributed by atoms with E-state index in [1.807, 2.05) is 6.20 Å². The van der Waals surface area contributed by atoms with Crippen LogP contribution in [-0.2, 0) is 11.2 Å². The zero-order valence-corrected chi connectivity index (χ0v) is 12.9. The molecule has 0 radical (unpaired) electrons. The van der Waals surface area contributed by atoms with Gasteiger partial charge in [0.15, 0.2) is 0 Å². The zero-order valence-electron chi connectivity index (χ0n) is 12.9. The second-order valence-corrected chi connectivity index (χ2v) is 5.76. The Balaban J connectivity index is 2.07. The van der Waals surface area contributed by atoms with Gasteiger partial charge in [-0.2, -0.15) is 0 Å². The molecule has 0 spiro atoms. The van der Waals surface area contributed by atoms with Gasteiger partial charge in [-0.1, -0.05) is 19.9 Å². The molecule has 1 aromatic heterocycles. The summed E-state index contributed by atoms with van der Waals surface area (Å²) >= 11 is 0. The van der Waals surface area contributed by atoms with Crippen molar-refractivity contribution in [3.8, 4) is 0 Å². The smallest absolute Gasteiger partial charge is 0.128 e. The summed E-state index contributed by atoms with van der Waals surface area (Å²) in [7, 11) is 0. The summed E-state index contributed by atoms with van der Waals surface area (Å²) in [6, 6.07) is 4.94. The molecule has 0 saturated carbocycles. The summed E-state index contributed by atoms with van der Waals surface area (Å²) in [5, 5.41) is 0. The molecule has 2 rings (SSSR count). The fraction of sp³-hybridized carbons (Fsp3) is 0.688. The number of morpholine rings is 1. The number of anilines is 1. The van der Waals surface area contributed by atoms with E-state index in [0.717, 1.165) is 38.2 Å². The van der Waals surface area contributed by atoms with Gasteiger partial charge in [0.1, 0.15) is 5.82 Å². The predicted molar refractivity (Wildman–Crippen MR) is 83.0 cm³/mol. The first kappa shape index (κ1) is 15.3. The molecule has 1 aliphatic heterocycles. The van der Waals surface area contributed by atoms with Crippen molar-refractivity contribution in [2.45, 2.75) is 58.2 Å². The van der Waals surface area contributed by atoms with E-state index in [4.69, 9.17) is 10.5 Å². The van der Waals surface area contributed by atoms with E-state index in [0.29, 0.717) is 6.04 Å². The predicted octanol–water partition coefficient (Wildman–Crippen LogP) is 2.37. The molecule has 0 amide bonds. The third-order valence-corrected chi connectivity index (χ3v) is 4.06. The SMILES string of the molecule is CCC(N)Cc1ccc(N2CC(C)OCC2CC)nc1. The van der Waals surface area contributed by atoms with Crippen LogP contribution in [0.5, 0.6) is 0 Å². The molecule has 0 aromatic carbocycles. The number of pyridine rings is 1. The summed E-state index contributed by atoms with van der Waals surface area (Å²) in [5.74, 6) is 1.06. The van der Waals surface area contributed by atoms with Gasteiger partial charge in [0.25, 0.3) is 0 Å². The number of nitrogens with two attached hydrogens (primary N) is 1. The quantitative estimate of drug-likeness (QED) is 0.897. The van der Waals surface area contributed by atoms with Gasteiger partial charge in [-0.3, -0.25) is 0 Å². The molecule has 1 aliphatic rings. The third-order valence-electron chi connectivity index (χ3n) is 4.06. The fourth-order valence-corrected chi connectivity index (χ4v) is 2.62. The minimum atomic E-state index is 0.231. The van der Waals surface area contributed by atoms with Crippen LogP contribution in [-0.4, -0.2) is 36.3 Å². The Bertz CT molecular complexity index is 407. The summed E-state index contributed by atoms with van der Waals surface area (Å²) in [5.41, 5.74) is 7.21. The Kier molecular flexibility index (Phi) is 5.38. The van der Waals surface area contributed by atoms with Gasteiger partial charge in [0.05, 0.1) is 18.8 Å². The molecular formula is C16H27N3O. The van der Waals surface area contributed by atoms with Crippen LogP contribution in [0.4, 0.5) is 5.82 Å². The molecule has 1 saturated heterocycles. The summed E-state index contributed by atoms with van der Waals surface area (Å²) in [4.78, 5) is 7.01. The lowest BCUT2D eigenvalue weighted by Gasteiger charge is -2.39. The Morgan fingerprint density at radius 1 is 1.45 bits per heavy atom. The van der Waals surface area contributed by atoms with Crippen LogP contribution in [0.1, 0.15) is 39.2 Å². The highest BCUT2D eigenvalue weighted by Gasteiger charge is 2.26. The standard InChI is InChI=1S/C16H27N3O/c1-4-14(17)8-13-6-7-16(18-9-13)19-10-12(3)20-11-15(19)5-2/h6-7,9,12,14-15H,4-5,8,10-11,17H2,1-3H3. The van der Waals surface area contributed by atoms with Crippen molar-refractivity contribution in [1.82, 2.24) is 4.98 Å². The largest absolute Gasteiger partial charge is 0.375 e. The first-order chi connectivity index (χ1) is 9.63. The van der Waals surface area contributed by atoms with Crippen LogP contribution in [0.25, 0.3) is 0 Å². The van der Waals surface area contributed by atoms with E-state index < -0.39 is 0 Å². The van der Waals surface area contributed by atoms with Gasteiger partial charge >= 0.3 is 0 Å². The second kappa shape index (κ2) is 7.04. The van der Waals surface area contributed by atoms with Crippen LogP contribution < -0.4 is 10.6 Å². The normalized spacial score (nSPS) is 24.7. The van der Waals surface area contributed by atoms with Gasteiger partial charge in [0, 0.05) is 18.8 Å². The molecule has 4 heteroatoms. The Morgan fingerprint density at radius 3 is 2.85 bits per heavy atom. The second-order valence-electron chi connectivity index (χ2n) is 5.76. The number of rotatable bonds is 5. The fourth-order valence-electron chi connectivity index (χ4n) is 2.62. The van der Waals surface area contributed by atoms with E-state index in [1.165, 1.54) is 5.56 Å². The summed E-state index contributed by atoms with van der Waals surface area (Å²) in [6.45, 7) is 8.15. The maximum atomic E-state index is 5.99. The maximum Gasteiger partial charge on any atom is 0.128 e. The van der Waals surface area contributed by atoms with Crippen LogP contribution in [0.15, 0.2) is 18.3 Å². The van der Waals surface area contributed by atoms with Crippen molar-refractivity contribution >= 4 is 5.82 Å². The van der Waals surface area contributed by atoms with E-state index >= 15 is 0 Å². The average molecular weight is 277 g/mol. The summed E-state index contributed by atoms with van der Waals surface area (Å²) in [6.07, 6.45) is 5.23. The molecule has 4 nitrogen and oxygen atoms in total. The Hall–Kier alpha value is -1.13. The number of hydrogen-bond donors (Lipinski definition) is 1. The van der Waals surface area contributed by atoms with E-state index in [9.17, 15) is 0 Å². The molecule has 2 N–H and O–H groups in total. The van der Waals surface area contributed by atoms with Gasteiger partial charge in [0.2, 0.25) is 0 Å². The third kappa shape index (κ3) is 3.70. The Labute approximate surface area is 122 Å². The highest BCUT2D eigenvalue weighted by molar-refractivity contribution is 5.41. The molecule has 3 unspecified atom stereocenters. The number of hydrogen-bond acceptors (Lipinski definition) is 4. The van der Waals surface area contributed by atoms with Gasteiger partial charge in [-0.15, -0.1) is 0 Å². The molecule has 1 aromatic rings. The van der Waals surface area contributed by atoms with E-state index in [-0.39, 0.29) is 12.1 Å². The first-order valence-electron chi connectivity index (χ1n) is 7.72. The van der Waals surface area contributed by atoms with Crippen LogP contribution >= 0.6 is 0 Å². The monoisotopic (exact) mass is 277 g/mol. The zero-order chi connectivity index (χ0) is 14.5.